The summed E-state index contributed by atoms with van der Waals surface area (Å²) in [6.45, 7) is 0. The second-order valence-electron chi connectivity index (χ2n) is 3.91. The quantitative estimate of drug-likeness (QED) is 0.657. The smallest absolute Gasteiger partial charge is 0.258 e. The molecule has 3 N–H and O–H groups in total. The summed E-state index contributed by atoms with van der Waals surface area (Å²) < 4.78 is 53.0. The lowest BCUT2D eigenvalue weighted by molar-refractivity contribution is 0.102. The summed E-state index contributed by atoms with van der Waals surface area (Å²) in [4.78, 5) is 11.7. The highest BCUT2D eigenvalue weighted by atomic mass is 19.2. The van der Waals surface area contributed by atoms with E-state index in [0.717, 1.165) is 18.2 Å². The van der Waals surface area contributed by atoms with Gasteiger partial charge in [-0.25, -0.2) is 17.6 Å². The van der Waals surface area contributed by atoms with Crippen molar-refractivity contribution in [1.82, 2.24) is 0 Å². The summed E-state index contributed by atoms with van der Waals surface area (Å²) in [5.74, 6) is -5.68. The van der Waals surface area contributed by atoms with Crippen molar-refractivity contribution in [2.45, 2.75) is 0 Å². The maximum Gasteiger partial charge on any atom is 0.258 e. The molecule has 0 radical (unpaired) electrons. The van der Waals surface area contributed by atoms with Crippen LogP contribution in [-0.2, 0) is 0 Å². The average Bonchev–Trinajstić information content (AvgIpc) is 2.39. The Morgan fingerprint density at radius 2 is 1.75 bits per heavy atom. The third kappa shape index (κ3) is 2.56. The minimum atomic E-state index is -1.30. The summed E-state index contributed by atoms with van der Waals surface area (Å²) in [5.41, 5.74) is 3.43. The molecule has 7 heteroatoms. The van der Waals surface area contributed by atoms with Gasteiger partial charge >= 0.3 is 0 Å². The highest BCUT2D eigenvalue weighted by Crippen LogP contribution is 2.21. The summed E-state index contributed by atoms with van der Waals surface area (Å²) >= 11 is 0. The maximum atomic E-state index is 13.6. The zero-order valence-electron chi connectivity index (χ0n) is 9.88. The molecule has 0 aliphatic heterocycles. The summed E-state index contributed by atoms with van der Waals surface area (Å²) in [7, 11) is 0. The number of halogens is 4. The molecule has 0 aromatic heterocycles. The number of carbonyl (C=O) groups is 1. The first-order chi connectivity index (χ1) is 9.40. The molecule has 0 heterocycles. The number of nitrogen functional groups attached to an aromatic ring is 1. The molecule has 1 amide bonds. The van der Waals surface area contributed by atoms with E-state index in [1.807, 2.05) is 5.32 Å². The normalized spacial score (nSPS) is 10.4. The second kappa shape index (κ2) is 5.20. The number of anilines is 2. The number of amides is 1. The van der Waals surface area contributed by atoms with E-state index >= 15 is 0 Å². The number of nitrogens with one attached hydrogen (secondary N) is 1. The van der Waals surface area contributed by atoms with E-state index in [-0.39, 0.29) is 0 Å². The van der Waals surface area contributed by atoms with Crippen LogP contribution < -0.4 is 11.1 Å². The Morgan fingerprint density at radius 1 is 1.05 bits per heavy atom. The van der Waals surface area contributed by atoms with Gasteiger partial charge in [0.2, 0.25) is 0 Å². The highest BCUT2D eigenvalue weighted by molar-refractivity contribution is 6.05. The van der Waals surface area contributed by atoms with E-state index in [1.54, 1.807) is 0 Å². The molecule has 20 heavy (non-hydrogen) atoms. The number of rotatable bonds is 2. The van der Waals surface area contributed by atoms with Gasteiger partial charge in [0.1, 0.15) is 5.82 Å². The van der Waals surface area contributed by atoms with Crippen molar-refractivity contribution >= 4 is 17.3 Å². The van der Waals surface area contributed by atoms with Crippen LogP contribution in [0.25, 0.3) is 0 Å². The van der Waals surface area contributed by atoms with Gasteiger partial charge < -0.3 is 11.1 Å². The van der Waals surface area contributed by atoms with Crippen LogP contribution >= 0.6 is 0 Å². The lowest BCUT2D eigenvalue weighted by Crippen LogP contribution is -2.16. The molecule has 2 aromatic rings. The van der Waals surface area contributed by atoms with Gasteiger partial charge in [0.15, 0.2) is 17.5 Å². The fraction of sp³-hybridized carbons (Fsp3) is 0. The lowest BCUT2D eigenvalue weighted by Gasteiger charge is -2.08. The predicted molar refractivity (Wildman–Crippen MR) is 65.1 cm³/mol. The van der Waals surface area contributed by atoms with Crippen LogP contribution in [0.2, 0.25) is 0 Å². The zero-order chi connectivity index (χ0) is 14.9. The molecule has 2 rings (SSSR count). The number of hydrogen-bond acceptors (Lipinski definition) is 2. The number of hydrogen-bond donors (Lipinski definition) is 2. The molecule has 0 saturated heterocycles. The van der Waals surface area contributed by atoms with Crippen LogP contribution in [0.3, 0.4) is 0 Å². The summed E-state index contributed by atoms with van der Waals surface area (Å²) in [6.07, 6.45) is 0. The molecular weight excluding hydrogens is 276 g/mol. The van der Waals surface area contributed by atoms with Crippen LogP contribution in [0, 0.1) is 23.3 Å². The molecule has 0 saturated carbocycles. The Balaban J connectivity index is 2.36. The Kier molecular flexibility index (Phi) is 3.60. The van der Waals surface area contributed by atoms with Crippen molar-refractivity contribution in [3.63, 3.8) is 0 Å². The third-order valence-corrected chi connectivity index (χ3v) is 2.51. The maximum absolute atomic E-state index is 13.6. The second-order valence-corrected chi connectivity index (χ2v) is 3.91. The molecule has 0 aliphatic rings. The number of nitrogens with two attached hydrogens (primary N) is 1. The van der Waals surface area contributed by atoms with Gasteiger partial charge in [-0.15, -0.1) is 0 Å². The van der Waals surface area contributed by atoms with Gasteiger partial charge in [0, 0.05) is 0 Å². The van der Waals surface area contributed by atoms with Gasteiger partial charge in [0.05, 0.1) is 16.9 Å². The van der Waals surface area contributed by atoms with E-state index in [4.69, 9.17) is 5.73 Å². The highest BCUT2D eigenvalue weighted by Gasteiger charge is 2.18. The monoisotopic (exact) mass is 284 g/mol. The summed E-state index contributed by atoms with van der Waals surface area (Å²) in [5, 5.41) is 1.95. The molecule has 0 unspecified atom stereocenters. The van der Waals surface area contributed by atoms with Crippen molar-refractivity contribution in [2.75, 3.05) is 11.1 Å². The molecule has 104 valence electrons. The van der Waals surface area contributed by atoms with E-state index in [0.29, 0.717) is 12.1 Å². The van der Waals surface area contributed by atoms with Gasteiger partial charge in [-0.2, -0.15) is 0 Å². The minimum absolute atomic E-state index is 0.489. The molecular formula is C13H8F4N2O. The fourth-order valence-electron chi connectivity index (χ4n) is 1.57. The van der Waals surface area contributed by atoms with Gasteiger partial charge in [0.25, 0.3) is 5.91 Å². The Hall–Kier alpha value is -2.57. The SMILES string of the molecule is Nc1cc(F)cc(C(=O)Nc2cccc(F)c2F)c1F. The van der Waals surface area contributed by atoms with E-state index in [2.05, 4.69) is 0 Å². The van der Waals surface area contributed by atoms with Crippen molar-refractivity contribution in [3.8, 4) is 0 Å². The zero-order valence-corrected chi connectivity index (χ0v) is 9.88. The Labute approximate surface area is 111 Å². The van der Waals surface area contributed by atoms with Gasteiger partial charge in [-0.1, -0.05) is 6.07 Å². The number of carbonyl (C=O) groups excluding carboxylic acids is 1. The van der Waals surface area contributed by atoms with E-state index in [9.17, 15) is 22.4 Å². The number of benzene rings is 2. The first kappa shape index (κ1) is 13.9. The molecule has 2 aromatic carbocycles. The molecule has 3 nitrogen and oxygen atoms in total. The Bertz CT molecular complexity index is 688. The minimum Gasteiger partial charge on any atom is -0.396 e. The molecule has 0 fully saturated rings. The van der Waals surface area contributed by atoms with Crippen LogP contribution in [-0.4, -0.2) is 5.91 Å². The van der Waals surface area contributed by atoms with E-state index < -0.39 is 46.1 Å². The predicted octanol–water partition coefficient (Wildman–Crippen LogP) is 3.08. The summed E-state index contributed by atoms with van der Waals surface area (Å²) in [6, 6.07) is 4.40. The van der Waals surface area contributed by atoms with Crippen molar-refractivity contribution in [1.29, 1.82) is 0 Å². The lowest BCUT2D eigenvalue weighted by atomic mass is 10.1. The van der Waals surface area contributed by atoms with Crippen LogP contribution in [0.4, 0.5) is 28.9 Å². The van der Waals surface area contributed by atoms with E-state index in [1.165, 1.54) is 0 Å². The van der Waals surface area contributed by atoms with Crippen molar-refractivity contribution in [3.05, 3.63) is 59.2 Å². The first-order valence-corrected chi connectivity index (χ1v) is 5.40. The van der Waals surface area contributed by atoms with Crippen LogP contribution in [0.15, 0.2) is 30.3 Å². The molecule has 0 aliphatic carbocycles. The molecule has 0 bridgehead atoms. The average molecular weight is 284 g/mol. The largest absolute Gasteiger partial charge is 0.396 e. The fourth-order valence-corrected chi connectivity index (χ4v) is 1.57. The van der Waals surface area contributed by atoms with Crippen LogP contribution in [0.1, 0.15) is 10.4 Å². The standard InChI is InChI=1S/C13H8F4N2O/c14-6-4-7(11(16)9(18)5-6)13(20)19-10-3-1-2-8(15)12(10)17/h1-5H,18H2,(H,19,20). The third-order valence-electron chi connectivity index (χ3n) is 2.51. The topological polar surface area (TPSA) is 55.1 Å². The van der Waals surface area contributed by atoms with Crippen molar-refractivity contribution < 1.29 is 22.4 Å². The van der Waals surface area contributed by atoms with Gasteiger partial charge in [-0.3, -0.25) is 4.79 Å². The first-order valence-electron chi connectivity index (χ1n) is 5.40. The van der Waals surface area contributed by atoms with Crippen LogP contribution in [0.5, 0.6) is 0 Å². The van der Waals surface area contributed by atoms with Gasteiger partial charge in [-0.05, 0) is 24.3 Å². The van der Waals surface area contributed by atoms with Crippen molar-refractivity contribution in [2.24, 2.45) is 0 Å². The molecule has 0 spiro atoms. The molecule has 0 atom stereocenters. The Morgan fingerprint density at radius 3 is 2.45 bits per heavy atom.